The van der Waals surface area contributed by atoms with E-state index in [1.54, 1.807) is 7.11 Å². The van der Waals surface area contributed by atoms with Crippen LogP contribution >= 0.6 is 24.0 Å². The Morgan fingerprint density at radius 3 is 2.22 bits per heavy atom. The van der Waals surface area contributed by atoms with E-state index in [1.807, 2.05) is 49.3 Å². The number of methoxy groups -OCH3 is 1. The number of guanidine groups is 1. The van der Waals surface area contributed by atoms with E-state index in [4.69, 9.17) is 4.74 Å². The van der Waals surface area contributed by atoms with Crippen molar-refractivity contribution in [1.82, 2.24) is 10.2 Å². The van der Waals surface area contributed by atoms with E-state index in [0.717, 1.165) is 18.3 Å². The summed E-state index contributed by atoms with van der Waals surface area (Å²) in [6.07, 6.45) is 0. The zero-order valence-electron chi connectivity index (χ0n) is 13.8. The Labute approximate surface area is 155 Å². The molecule has 2 aromatic carbocycles. The van der Waals surface area contributed by atoms with Gasteiger partial charge in [-0.3, -0.25) is 0 Å². The van der Waals surface area contributed by atoms with E-state index in [1.165, 1.54) is 11.1 Å². The third-order valence-electron chi connectivity index (χ3n) is 3.29. The maximum absolute atomic E-state index is 5.17. The van der Waals surface area contributed by atoms with Crippen LogP contribution in [-0.4, -0.2) is 32.1 Å². The summed E-state index contributed by atoms with van der Waals surface area (Å²) in [5.74, 6) is 1.74. The molecule has 0 fully saturated rings. The smallest absolute Gasteiger partial charge is 0.194 e. The fourth-order valence-electron chi connectivity index (χ4n) is 2.03. The van der Waals surface area contributed by atoms with Crippen LogP contribution in [0.15, 0.2) is 59.6 Å². The zero-order valence-corrected chi connectivity index (χ0v) is 16.2. The SMILES string of the molecule is COc1ccc(CNC(=NCc2ccccc2)N(C)C)cc1.I. The van der Waals surface area contributed by atoms with Crippen molar-refractivity contribution >= 4 is 29.9 Å². The van der Waals surface area contributed by atoms with Gasteiger partial charge in [0.2, 0.25) is 0 Å². The number of ether oxygens (including phenoxy) is 1. The maximum Gasteiger partial charge on any atom is 0.194 e. The van der Waals surface area contributed by atoms with Gasteiger partial charge in [0, 0.05) is 20.6 Å². The van der Waals surface area contributed by atoms with Crippen molar-refractivity contribution in [3.8, 4) is 5.75 Å². The van der Waals surface area contributed by atoms with Crippen molar-refractivity contribution in [3.05, 3.63) is 65.7 Å². The van der Waals surface area contributed by atoms with Gasteiger partial charge < -0.3 is 15.0 Å². The third-order valence-corrected chi connectivity index (χ3v) is 3.29. The second-order valence-electron chi connectivity index (χ2n) is 5.22. The van der Waals surface area contributed by atoms with Crippen LogP contribution < -0.4 is 10.1 Å². The molecular weight excluding hydrogens is 401 g/mol. The molecule has 0 aliphatic carbocycles. The lowest BCUT2D eigenvalue weighted by atomic mass is 10.2. The fourth-order valence-corrected chi connectivity index (χ4v) is 2.03. The molecule has 0 radical (unpaired) electrons. The van der Waals surface area contributed by atoms with Crippen molar-refractivity contribution in [2.75, 3.05) is 21.2 Å². The minimum Gasteiger partial charge on any atom is -0.497 e. The van der Waals surface area contributed by atoms with Gasteiger partial charge in [0.25, 0.3) is 0 Å². The molecule has 0 amide bonds. The molecule has 0 aliphatic rings. The zero-order chi connectivity index (χ0) is 15.8. The number of benzene rings is 2. The molecule has 0 saturated heterocycles. The van der Waals surface area contributed by atoms with Gasteiger partial charge in [-0.25, -0.2) is 4.99 Å². The van der Waals surface area contributed by atoms with E-state index in [0.29, 0.717) is 6.54 Å². The Balaban J connectivity index is 0.00000264. The van der Waals surface area contributed by atoms with Crippen molar-refractivity contribution < 1.29 is 4.74 Å². The van der Waals surface area contributed by atoms with Gasteiger partial charge in [0.1, 0.15) is 5.75 Å². The van der Waals surface area contributed by atoms with E-state index in [-0.39, 0.29) is 24.0 Å². The van der Waals surface area contributed by atoms with Gasteiger partial charge >= 0.3 is 0 Å². The van der Waals surface area contributed by atoms with Crippen LogP contribution in [0.1, 0.15) is 11.1 Å². The first kappa shape index (κ1) is 19.3. The van der Waals surface area contributed by atoms with Crippen molar-refractivity contribution in [2.45, 2.75) is 13.1 Å². The second-order valence-corrected chi connectivity index (χ2v) is 5.22. The van der Waals surface area contributed by atoms with Gasteiger partial charge in [-0.1, -0.05) is 42.5 Å². The number of rotatable bonds is 5. The predicted molar refractivity (Wildman–Crippen MR) is 107 cm³/mol. The molecule has 0 unspecified atom stereocenters. The van der Waals surface area contributed by atoms with Crippen LogP contribution in [0, 0.1) is 0 Å². The Morgan fingerprint density at radius 2 is 1.65 bits per heavy atom. The molecule has 23 heavy (non-hydrogen) atoms. The number of nitrogens with one attached hydrogen (secondary N) is 1. The lowest BCUT2D eigenvalue weighted by Crippen LogP contribution is -2.36. The largest absolute Gasteiger partial charge is 0.497 e. The fraction of sp³-hybridized carbons (Fsp3) is 0.278. The van der Waals surface area contributed by atoms with E-state index in [9.17, 15) is 0 Å². The quantitative estimate of drug-likeness (QED) is 0.453. The summed E-state index contributed by atoms with van der Waals surface area (Å²) >= 11 is 0. The molecule has 4 nitrogen and oxygen atoms in total. The highest BCUT2D eigenvalue weighted by Crippen LogP contribution is 2.11. The van der Waals surface area contributed by atoms with E-state index >= 15 is 0 Å². The van der Waals surface area contributed by atoms with Crippen molar-refractivity contribution in [3.63, 3.8) is 0 Å². The van der Waals surface area contributed by atoms with Crippen LogP contribution in [0.4, 0.5) is 0 Å². The highest BCUT2D eigenvalue weighted by molar-refractivity contribution is 14.0. The molecule has 0 aliphatic heterocycles. The Morgan fingerprint density at radius 1 is 1.00 bits per heavy atom. The van der Waals surface area contributed by atoms with Gasteiger partial charge in [0.15, 0.2) is 5.96 Å². The summed E-state index contributed by atoms with van der Waals surface area (Å²) < 4.78 is 5.17. The normalized spacial score (nSPS) is 10.7. The molecule has 1 N–H and O–H groups in total. The molecule has 0 atom stereocenters. The molecule has 0 spiro atoms. The molecule has 0 bridgehead atoms. The Hall–Kier alpha value is -1.76. The standard InChI is InChI=1S/C18H23N3O.HI/c1-21(2)18(19-13-15-7-5-4-6-8-15)20-14-16-9-11-17(22-3)12-10-16;/h4-12H,13-14H2,1-3H3,(H,19,20);1H. The topological polar surface area (TPSA) is 36.9 Å². The van der Waals surface area contributed by atoms with Gasteiger partial charge in [-0.05, 0) is 23.3 Å². The average molecular weight is 425 g/mol. The second kappa shape index (κ2) is 10.1. The van der Waals surface area contributed by atoms with E-state index < -0.39 is 0 Å². The highest BCUT2D eigenvalue weighted by Gasteiger charge is 2.02. The third kappa shape index (κ3) is 6.48. The van der Waals surface area contributed by atoms with Gasteiger partial charge in [-0.15, -0.1) is 24.0 Å². The molecule has 0 heterocycles. The first-order valence-corrected chi connectivity index (χ1v) is 7.31. The van der Waals surface area contributed by atoms with Crippen LogP contribution in [-0.2, 0) is 13.1 Å². The average Bonchev–Trinajstić information content (AvgIpc) is 2.56. The minimum absolute atomic E-state index is 0. The first-order chi connectivity index (χ1) is 10.7. The maximum atomic E-state index is 5.17. The molecule has 5 heteroatoms. The summed E-state index contributed by atoms with van der Waals surface area (Å²) in [5.41, 5.74) is 2.39. The van der Waals surface area contributed by atoms with Gasteiger partial charge in [0.05, 0.1) is 13.7 Å². The number of aliphatic imine (C=N–C) groups is 1. The monoisotopic (exact) mass is 425 g/mol. The molecule has 2 rings (SSSR count). The summed E-state index contributed by atoms with van der Waals surface area (Å²) in [6.45, 7) is 1.40. The number of hydrogen-bond acceptors (Lipinski definition) is 2. The Kier molecular flexibility index (Phi) is 8.47. The Bertz CT molecular complexity index is 597. The van der Waals surface area contributed by atoms with E-state index in [2.05, 4.69) is 34.6 Å². The van der Waals surface area contributed by atoms with Crippen LogP contribution in [0.3, 0.4) is 0 Å². The lowest BCUT2D eigenvalue weighted by molar-refractivity contribution is 0.414. The lowest BCUT2D eigenvalue weighted by Gasteiger charge is -2.18. The number of halogens is 1. The molecule has 124 valence electrons. The van der Waals surface area contributed by atoms with Crippen LogP contribution in [0.2, 0.25) is 0 Å². The molecule has 2 aromatic rings. The first-order valence-electron chi connectivity index (χ1n) is 7.31. The van der Waals surface area contributed by atoms with Crippen LogP contribution in [0.25, 0.3) is 0 Å². The molecule has 0 saturated carbocycles. The summed E-state index contributed by atoms with van der Waals surface area (Å²) in [4.78, 5) is 6.64. The summed E-state index contributed by atoms with van der Waals surface area (Å²) in [7, 11) is 5.66. The van der Waals surface area contributed by atoms with Crippen LogP contribution in [0.5, 0.6) is 5.75 Å². The molecular formula is C18H24IN3O. The summed E-state index contributed by atoms with van der Waals surface area (Å²) in [5, 5.41) is 3.38. The number of nitrogens with zero attached hydrogens (tertiary/aromatic N) is 2. The van der Waals surface area contributed by atoms with Gasteiger partial charge in [-0.2, -0.15) is 0 Å². The summed E-state index contributed by atoms with van der Waals surface area (Å²) in [6, 6.07) is 18.3. The number of hydrogen-bond donors (Lipinski definition) is 1. The highest BCUT2D eigenvalue weighted by atomic mass is 127. The minimum atomic E-state index is 0. The molecule has 0 aromatic heterocycles. The predicted octanol–water partition coefficient (Wildman–Crippen LogP) is 3.52. The van der Waals surface area contributed by atoms with Crippen molar-refractivity contribution in [2.24, 2.45) is 4.99 Å². The van der Waals surface area contributed by atoms with Crippen molar-refractivity contribution in [1.29, 1.82) is 0 Å².